The molecular weight excluding hydrogens is 376 g/mol. The number of carbonyl (C=O) groups excluding carboxylic acids is 3. The van der Waals surface area contributed by atoms with Crippen LogP contribution in [0.25, 0.3) is 0 Å². The first-order valence-electron chi connectivity index (χ1n) is 9.80. The predicted octanol–water partition coefficient (Wildman–Crippen LogP) is 2.27. The zero-order valence-electron chi connectivity index (χ0n) is 16.7. The Morgan fingerprint density at radius 3 is 2.45 bits per heavy atom. The number of rotatable bonds is 8. The van der Waals surface area contributed by atoms with Crippen LogP contribution < -0.4 is 10.6 Å². The summed E-state index contributed by atoms with van der Waals surface area (Å²) in [6, 6.07) is 6.98. The SMILES string of the molecule is CC(C)[C@@H](NC(=O)OCc1ccccc1)C(=O)N[C@H](C(=O)O)[C@@H]1CCCC(=O)C1. The van der Waals surface area contributed by atoms with E-state index in [9.17, 15) is 24.3 Å². The van der Waals surface area contributed by atoms with E-state index in [-0.39, 0.29) is 24.7 Å². The number of nitrogens with one attached hydrogen (secondary N) is 2. The molecule has 2 rings (SSSR count). The predicted molar refractivity (Wildman–Crippen MR) is 105 cm³/mol. The smallest absolute Gasteiger partial charge is 0.408 e. The molecule has 158 valence electrons. The second kappa shape index (κ2) is 10.6. The molecule has 0 bridgehead atoms. The Kier molecular flexibility index (Phi) is 8.18. The molecule has 3 N–H and O–H groups in total. The van der Waals surface area contributed by atoms with Crippen molar-refractivity contribution in [3.05, 3.63) is 35.9 Å². The first kappa shape index (κ1) is 22.4. The Morgan fingerprint density at radius 1 is 1.17 bits per heavy atom. The van der Waals surface area contributed by atoms with Crippen molar-refractivity contribution in [2.75, 3.05) is 0 Å². The van der Waals surface area contributed by atoms with Crippen LogP contribution in [0.3, 0.4) is 0 Å². The van der Waals surface area contributed by atoms with Crippen molar-refractivity contribution in [1.29, 1.82) is 0 Å². The second-order valence-corrected chi connectivity index (χ2v) is 7.65. The van der Waals surface area contributed by atoms with Crippen LogP contribution >= 0.6 is 0 Å². The molecule has 1 aromatic rings. The third kappa shape index (κ3) is 6.89. The van der Waals surface area contributed by atoms with Crippen LogP contribution in [0.15, 0.2) is 30.3 Å². The lowest BCUT2D eigenvalue weighted by molar-refractivity contribution is -0.144. The first-order chi connectivity index (χ1) is 13.8. The minimum atomic E-state index is -1.19. The zero-order chi connectivity index (χ0) is 21.4. The molecule has 29 heavy (non-hydrogen) atoms. The van der Waals surface area contributed by atoms with E-state index in [0.717, 1.165) is 5.56 Å². The molecule has 0 aliphatic heterocycles. The van der Waals surface area contributed by atoms with Gasteiger partial charge in [-0.3, -0.25) is 9.59 Å². The molecule has 0 radical (unpaired) electrons. The van der Waals surface area contributed by atoms with E-state index in [2.05, 4.69) is 10.6 Å². The number of carboxylic acid groups (broad SMARTS) is 1. The summed E-state index contributed by atoms with van der Waals surface area (Å²) < 4.78 is 5.15. The number of hydrogen-bond donors (Lipinski definition) is 3. The topological polar surface area (TPSA) is 122 Å². The van der Waals surface area contributed by atoms with E-state index in [4.69, 9.17) is 4.74 Å². The minimum Gasteiger partial charge on any atom is -0.480 e. The molecule has 0 aromatic heterocycles. The van der Waals surface area contributed by atoms with Crippen molar-refractivity contribution in [1.82, 2.24) is 10.6 Å². The van der Waals surface area contributed by atoms with Gasteiger partial charge in [0.2, 0.25) is 5.91 Å². The van der Waals surface area contributed by atoms with E-state index in [0.29, 0.717) is 19.3 Å². The fraction of sp³-hybridized carbons (Fsp3) is 0.524. The van der Waals surface area contributed by atoms with Crippen LogP contribution in [-0.2, 0) is 25.7 Å². The van der Waals surface area contributed by atoms with Crippen LogP contribution in [0.2, 0.25) is 0 Å². The highest BCUT2D eigenvalue weighted by Gasteiger charge is 2.35. The van der Waals surface area contributed by atoms with Crippen LogP contribution in [0.4, 0.5) is 4.79 Å². The van der Waals surface area contributed by atoms with E-state index in [1.165, 1.54) is 0 Å². The largest absolute Gasteiger partial charge is 0.480 e. The number of hydrogen-bond acceptors (Lipinski definition) is 5. The molecule has 0 saturated heterocycles. The zero-order valence-corrected chi connectivity index (χ0v) is 16.7. The number of ether oxygens (including phenoxy) is 1. The van der Waals surface area contributed by atoms with Gasteiger partial charge in [0.1, 0.15) is 24.5 Å². The third-order valence-electron chi connectivity index (χ3n) is 4.99. The van der Waals surface area contributed by atoms with Crippen molar-refractivity contribution in [3.8, 4) is 0 Å². The van der Waals surface area contributed by atoms with Gasteiger partial charge in [-0.15, -0.1) is 0 Å². The molecule has 1 aliphatic rings. The van der Waals surface area contributed by atoms with Crippen LogP contribution in [-0.4, -0.2) is 40.9 Å². The lowest BCUT2D eigenvalue weighted by Crippen LogP contribution is -2.56. The summed E-state index contributed by atoms with van der Waals surface area (Å²) in [6.07, 6.45) is 0.987. The van der Waals surface area contributed by atoms with Gasteiger partial charge in [-0.1, -0.05) is 44.2 Å². The molecule has 1 saturated carbocycles. The number of Topliss-reactive ketones (excluding diaryl/α,β-unsaturated/α-hetero) is 1. The minimum absolute atomic E-state index is 0.00442. The number of amides is 2. The number of alkyl carbamates (subject to hydrolysis) is 1. The number of benzene rings is 1. The Hall–Kier alpha value is -2.90. The van der Waals surface area contributed by atoms with Gasteiger partial charge in [0, 0.05) is 12.8 Å². The van der Waals surface area contributed by atoms with Crippen molar-refractivity contribution in [3.63, 3.8) is 0 Å². The summed E-state index contributed by atoms with van der Waals surface area (Å²) in [7, 11) is 0. The molecule has 0 spiro atoms. The maximum absolute atomic E-state index is 12.7. The lowest BCUT2D eigenvalue weighted by atomic mass is 9.83. The van der Waals surface area contributed by atoms with Gasteiger partial charge in [0.15, 0.2) is 0 Å². The molecule has 1 fully saturated rings. The van der Waals surface area contributed by atoms with Gasteiger partial charge in [0.25, 0.3) is 0 Å². The normalized spacial score (nSPS) is 18.6. The van der Waals surface area contributed by atoms with Gasteiger partial charge in [0.05, 0.1) is 0 Å². The van der Waals surface area contributed by atoms with E-state index >= 15 is 0 Å². The molecular formula is C21H28N2O6. The van der Waals surface area contributed by atoms with E-state index < -0.39 is 36.0 Å². The standard InChI is InChI=1S/C21H28N2O6/c1-13(2)17(23-21(28)29-12-14-7-4-3-5-8-14)19(25)22-18(20(26)27)15-9-6-10-16(24)11-15/h3-5,7-8,13,15,17-18H,6,9-12H2,1-2H3,(H,22,25)(H,23,28)(H,26,27)/t15-,17-,18+/m1/s1. The summed E-state index contributed by atoms with van der Waals surface area (Å²) in [6.45, 7) is 3.53. The molecule has 0 unspecified atom stereocenters. The fourth-order valence-corrected chi connectivity index (χ4v) is 3.39. The van der Waals surface area contributed by atoms with E-state index in [1.807, 2.05) is 30.3 Å². The monoisotopic (exact) mass is 404 g/mol. The third-order valence-corrected chi connectivity index (χ3v) is 4.99. The van der Waals surface area contributed by atoms with Crippen LogP contribution in [0.5, 0.6) is 0 Å². The summed E-state index contributed by atoms with van der Waals surface area (Å²) in [5.74, 6) is -2.53. The Balaban J connectivity index is 1.96. The van der Waals surface area contributed by atoms with Crippen molar-refractivity contribution < 1.29 is 29.0 Å². The molecule has 3 atom stereocenters. The van der Waals surface area contributed by atoms with Crippen molar-refractivity contribution in [2.24, 2.45) is 11.8 Å². The first-order valence-corrected chi connectivity index (χ1v) is 9.80. The maximum Gasteiger partial charge on any atom is 0.408 e. The maximum atomic E-state index is 12.7. The highest BCUT2D eigenvalue weighted by Crippen LogP contribution is 2.25. The number of carbonyl (C=O) groups is 4. The van der Waals surface area contributed by atoms with E-state index in [1.54, 1.807) is 13.8 Å². The number of carboxylic acids is 1. The summed E-state index contributed by atoms with van der Waals surface area (Å²) in [5.41, 5.74) is 0.807. The molecule has 2 amide bonds. The average Bonchev–Trinajstić information content (AvgIpc) is 2.68. The van der Waals surface area contributed by atoms with Crippen LogP contribution in [0.1, 0.15) is 45.1 Å². The van der Waals surface area contributed by atoms with Crippen molar-refractivity contribution in [2.45, 2.75) is 58.2 Å². The fourth-order valence-electron chi connectivity index (χ4n) is 3.39. The highest BCUT2D eigenvalue weighted by atomic mass is 16.5. The summed E-state index contributed by atoms with van der Waals surface area (Å²) in [4.78, 5) is 48.2. The average molecular weight is 404 g/mol. The Bertz CT molecular complexity index is 734. The van der Waals surface area contributed by atoms with Gasteiger partial charge in [-0.2, -0.15) is 0 Å². The lowest BCUT2D eigenvalue weighted by Gasteiger charge is -2.29. The molecule has 1 aliphatic carbocycles. The number of aliphatic carboxylic acids is 1. The molecule has 0 heterocycles. The Morgan fingerprint density at radius 2 is 1.86 bits per heavy atom. The molecule has 8 heteroatoms. The molecule has 8 nitrogen and oxygen atoms in total. The quantitative estimate of drug-likeness (QED) is 0.611. The number of ketones is 1. The molecule has 1 aromatic carbocycles. The Labute approximate surface area is 170 Å². The summed E-state index contributed by atoms with van der Waals surface area (Å²) in [5, 5.41) is 14.6. The van der Waals surface area contributed by atoms with Gasteiger partial charge >= 0.3 is 12.1 Å². The second-order valence-electron chi connectivity index (χ2n) is 7.65. The highest BCUT2D eigenvalue weighted by molar-refractivity contribution is 5.90. The van der Waals surface area contributed by atoms with Gasteiger partial charge in [-0.05, 0) is 30.2 Å². The van der Waals surface area contributed by atoms with Gasteiger partial charge in [-0.25, -0.2) is 9.59 Å². The van der Waals surface area contributed by atoms with Crippen molar-refractivity contribution >= 4 is 23.8 Å². The van der Waals surface area contributed by atoms with Gasteiger partial charge < -0.3 is 20.5 Å². The summed E-state index contributed by atoms with van der Waals surface area (Å²) >= 11 is 0. The van der Waals surface area contributed by atoms with Crippen LogP contribution in [0, 0.1) is 11.8 Å².